The summed E-state index contributed by atoms with van der Waals surface area (Å²) in [6.07, 6.45) is 3.08. The third kappa shape index (κ3) is 3.36. The van der Waals surface area contributed by atoms with Gasteiger partial charge in [0.2, 0.25) is 5.91 Å². The van der Waals surface area contributed by atoms with Crippen LogP contribution < -0.4 is 11.1 Å². The van der Waals surface area contributed by atoms with E-state index in [2.05, 4.69) is 23.2 Å². The van der Waals surface area contributed by atoms with Crippen molar-refractivity contribution in [3.63, 3.8) is 0 Å². The highest BCUT2D eigenvalue weighted by Gasteiger charge is 2.23. The summed E-state index contributed by atoms with van der Waals surface area (Å²) in [6, 6.07) is 3.84. The average molecular weight is 277 g/mol. The standard InChI is InChI=1S/C15H20FN3O/c1-10-5-7-19(8-6-10)11(2)15(20)18-14-9-12(17)3-4-13(14)16/h3-5,9,11H,6-8,17H2,1-2H3,(H,18,20). The van der Waals surface area contributed by atoms with E-state index in [0.29, 0.717) is 5.69 Å². The van der Waals surface area contributed by atoms with E-state index in [0.717, 1.165) is 19.5 Å². The van der Waals surface area contributed by atoms with Crippen molar-refractivity contribution in [2.45, 2.75) is 26.3 Å². The van der Waals surface area contributed by atoms with E-state index in [-0.39, 0.29) is 17.6 Å². The molecule has 20 heavy (non-hydrogen) atoms. The number of carbonyl (C=O) groups is 1. The Labute approximate surface area is 118 Å². The van der Waals surface area contributed by atoms with Crippen molar-refractivity contribution in [2.24, 2.45) is 0 Å². The van der Waals surface area contributed by atoms with E-state index in [4.69, 9.17) is 5.73 Å². The maximum atomic E-state index is 13.6. The molecule has 5 heteroatoms. The van der Waals surface area contributed by atoms with Gasteiger partial charge in [-0.15, -0.1) is 0 Å². The fourth-order valence-electron chi connectivity index (χ4n) is 2.18. The minimum atomic E-state index is -0.478. The quantitative estimate of drug-likeness (QED) is 0.659. The number of nitrogens with one attached hydrogen (secondary N) is 1. The average Bonchev–Trinajstić information content (AvgIpc) is 2.43. The van der Waals surface area contributed by atoms with Crippen LogP contribution in [0.2, 0.25) is 0 Å². The predicted molar refractivity (Wildman–Crippen MR) is 78.9 cm³/mol. The van der Waals surface area contributed by atoms with Crippen molar-refractivity contribution in [3.8, 4) is 0 Å². The lowest BCUT2D eigenvalue weighted by molar-refractivity contribution is -0.120. The molecule has 0 spiro atoms. The van der Waals surface area contributed by atoms with Crippen LogP contribution >= 0.6 is 0 Å². The van der Waals surface area contributed by atoms with Gasteiger partial charge >= 0.3 is 0 Å². The summed E-state index contributed by atoms with van der Waals surface area (Å²) in [5, 5.41) is 2.60. The van der Waals surface area contributed by atoms with Crippen LogP contribution in [0.5, 0.6) is 0 Å². The highest BCUT2D eigenvalue weighted by Crippen LogP contribution is 2.19. The first-order chi connectivity index (χ1) is 9.47. The lowest BCUT2D eigenvalue weighted by Crippen LogP contribution is -2.44. The molecule has 1 heterocycles. The summed E-state index contributed by atoms with van der Waals surface area (Å²) < 4.78 is 13.6. The second-order valence-corrected chi connectivity index (χ2v) is 5.20. The SMILES string of the molecule is CC1=CCN(C(C)C(=O)Nc2cc(N)ccc2F)CC1. The van der Waals surface area contributed by atoms with Gasteiger partial charge in [-0.2, -0.15) is 0 Å². The lowest BCUT2D eigenvalue weighted by Gasteiger charge is -2.30. The molecule has 1 aliphatic heterocycles. The number of hydrogen-bond donors (Lipinski definition) is 2. The van der Waals surface area contributed by atoms with E-state index < -0.39 is 5.82 Å². The van der Waals surface area contributed by atoms with Gasteiger partial charge in [-0.25, -0.2) is 4.39 Å². The van der Waals surface area contributed by atoms with Crippen molar-refractivity contribution in [1.29, 1.82) is 0 Å². The predicted octanol–water partition coefficient (Wildman–Crippen LogP) is 2.39. The molecule has 1 atom stereocenters. The Bertz CT molecular complexity index is 542. The smallest absolute Gasteiger partial charge is 0.241 e. The molecule has 0 radical (unpaired) electrons. The molecule has 2 rings (SSSR count). The first kappa shape index (κ1) is 14.5. The Hall–Kier alpha value is -1.88. The summed E-state index contributed by atoms with van der Waals surface area (Å²) in [4.78, 5) is 14.2. The molecule has 1 amide bonds. The van der Waals surface area contributed by atoms with Gasteiger partial charge in [0, 0.05) is 18.8 Å². The van der Waals surface area contributed by atoms with Crippen LogP contribution in [-0.2, 0) is 4.79 Å². The van der Waals surface area contributed by atoms with E-state index in [1.54, 1.807) is 0 Å². The lowest BCUT2D eigenvalue weighted by atomic mass is 10.1. The molecule has 0 saturated carbocycles. The molecule has 0 bridgehead atoms. The summed E-state index contributed by atoms with van der Waals surface area (Å²) >= 11 is 0. The second-order valence-electron chi connectivity index (χ2n) is 5.20. The van der Waals surface area contributed by atoms with Crippen LogP contribution in [0.15, 0.2) is 29.8 Å². The number of nitrogens with zero attached hydrogens (tertiary/aromatic N) is 1. The Kier molecular flexibility index (Phi) is 4.39. The van der Waals surface area contributed by atoms with Gasteiger partial charge in [0.1, 0.15) is 5.82 Å². The van der Waals surface area contributed by atoms with Gasteiger partial charge in [-0.05, 0) is 38.5 Å². The minimum absolute atomic E-state index is 0.130. The van der Waals surface area contributed by atoms with Crippen molar-refractivity contribution < 1.29 is 9.18 Å². The van der Waals surface area contributed by atoms with Crippen molar-refractivity contribution >= 4 is 17.3 Å². The van der Waals surface area contributed by atoms with Gasteiger partial charge in [-0.1, -0.05) is 11.6 Å². The van der Waals surface area contributed by atoms with Gasteiger partial charge < -0.3 is 11.1 Å². The molecule has 0 saturated heterocycles. The number of nitrogens with two attached hydrogens (primary N) is 1. The first-order valence-electron chi connectivity index (χ1n) is 6.73. The molecule has 1 aromatic rings. The number of carbonyl (C=O) groups excluding carboxylic acids is 1. The highest BCUT2D eigenvalue weighted by atomic mass is 19.1. The molecule has 1 aliphatic rings. The van der Waals surface area contributed by atoms with Crippen LogP contribution in [0.1, 0.15) is 20.3 Å². The number of rotatable bonds is 3. The highest BCUT2D eigenvalue weighted by molar-refractivity contribution is 5.95. The number of nitrogen functional groups attached to an aromatic ring is 1. The van der Waals surface area contributed by atoms with Crippen LogP contribution in [0, 0.1) is 5.82 Å². The van der Waals surface area contributed by atoms with E-state index in [1.165, 1.54) is 23.8 Å². The molecular weight excluding hydrogens is 257 g/mol. The summed E-state index contributed by atoms with van der Waals surface area (Å²) in [5.41, 5.74) is 7.50. The van der Waals surface area contributed by atoms with Crippen LogP contribution in [0.25, 0.3) is 0 Å². The zero-order valence-corrected chi connectivity index (χ0v) is 11.8. The van der Waals surface area contributed by atoms with Crippen molar-refractivity contribution in [2.75, 3.05) is 24.1 Å². The van der Waals surface area contributed by atoms with E-state index in [1.807, 2.05) is 6.92 Å². The number of amides is 1. The normalized spacial score (nSPS) is 17.4. The fourth-order valence-corrected chi connectivity index (χ4v) is 2.18. The van der Waals surface area contributed by atoms with Crippen molar-refractivity contribution in [3.05, 3.63) is 35.7 Å². The third-order valence-electron chi connectivity index (χ3n) is 3.64. The van der Waals surface area contributed by atoms with Gasteiger partial charge in [0.15, 0.2) is 0 Å². The van der Waals surface area contributed by atoms with Gasteiger partial charge in [0.25, 0.3) is 0 Å². The van der Waals surface area contributed by atoms with Crippen molar-refractivity contribution in [1.82, 2.24) is 4.90 Å². The van der Waals surface area contributed by atoms with Crippen LogP contribution in [-0.4, -0.2) is 29.9 Å². The molecular formula is C15H20FN3O. The molecule has 0 fully saturated rings. The third-order valence-corrected chi connectivity index (χ3v) is 3.64. The maximum absolute atomic E-state index is 13.6. The fraction of sp³-hybridized carbons (Fsp3) is 0.400. The second kappa shape index (κ2) is 6.05. The largest absolute Gasteiger partial charge is 0.399 e. The number of anilines is 2. The van der Waals surface area contributed by atoms with Crippen LogP contribution in [0.3, 0.4) is 0 Å². The van der Waals surface area contributed by atoms with E-state index >= 15 is 0 Å². The first-order valence-corrected chi connectivity index (χ1v) is 6.73. The zero-order valence-electron chi connectivity index (χ0n) is 11.8. The Balaban J connectivity index is 2.02. The van der Waals surface area contributed by atoms with E-state index in [9.17, 15) is 9.18 Å². The molecule has 0 aliphatic carbocycles. The maximum Gasteiger partial charge on any atom is 0.241 e. The number of benzene rings is 1. The van der Waals surface area contributed by atoms with Gasteiger partial charge in [-0.3, -0.25) is 9.69 Å². The molecule has 1 aromatic carbocycles. The molecule has 0 aromatic heterocycles. The molecule has 108 valence electrons. The molecule has 3 N–H and O–H groups in total. The molecule has 1 unspecified atom stereocenters. The summed E-state index contributed by atoms with van der Waals surface area (Å²) in [7, 11) is 0. The Morgan fingerprint density at radius 1 is 1.50 bits per heavy atom. The molecule has 4 nitrogen and oxygen atoms in total. The Morgan fingerprint density at radius 3 is 2.90 bits per heavy atom. The topological polar surface area (TPSA) is 58.4 Å². The summed E-state index contributed by atoms with van der Waals surface area (Å²) in [5.74, 6) is -0.698. The number of hydrogen-bond acceptors (Lipinski definition) is 3. The van der Waals surface area contributed by atoms with Crippen LogP contribution in [0.4, 0.5) is 15.8 Å². The number of halogens is 1. The summed E-state index contributed by atoms with van der Waals surface area (Å²) in [6.45, 7) is 5.51. The Morgan fingerprint density at radius 2 is 2.25 bits per heavy atom. The minimum Gasteiger partial charge on any atom is -0.399 e. The monoisotopic (exact) mass is 277 g/mol. The van der Waals surface area contributed by atoms with Gasteiger partial charge in [0.05, 0.1) is 11.7 Å². The zero-order chi connectivity index (χ0) is 14.7.